The highest BCUT2D eigenvalue weighted by Gasteiger charge is 2.37. The van der Waals surface area contributed by atoms with Crippen LogP contribution < -0.4 is 0 Å². The quantitative estimate of drug-likeness (QED) is 0.596. The van der Waals surface area contributed by atoms with Crippen LogP contribution in [0.2, 0.25) is 0 Å². The van der Waals surface area contributed by atoms with Crippen LogP contribution in [0.5, 0.6) is 0 Å². The van der Waals surface area contributed by atoms with Gasteiger partial charge in [0.1, 0.15) is 5.82 Å². The van der Waals surface area contributed by atoms with E-state index in [-0.39, 0.29) is 17.0 Å². The van der Waals surface area contributed by atoms with Gasteiger partial charge in [0.2, 0.25) is 0 Å². The fourth-order valence-corrected chi connectivity index (χ4v) is 1.85. The van der Waals surface area contributed by atoms with Gasteiger partial charge in [0.15, 0.2) is 5.78 Å². The molecule has 0 unspecified atom stereocenters. The number of fused-ring (bicyclic) bond motifs is 1. The maximum Gasteiger partial charge on any atom is 0.169 e. The first-order chi connectivity index (χ1) is 6.00. The van der Waals surface area contributed by atoms with Gasteiger partial charge < -0.3 is 0 Å². The molecule has 0 atom stereocenters. The fraction of sp³-hybridized carbons (Fsp3) is 0.364. The van der Waals surface area contributed by atoms with Crippen LogP contribution in [0.3, 0.4) is 0 Å². The minimum absolute atomic E-state index is 0.127. The molecule has 0 N–H and O–H groups in total. The third kappa shape index (κ3) is 1.17. The molecule has 1 nitrogen and oxygen atoms in total. The van der Waals surface area contributed by atoms with Crippen molar-refractivity contribution < 1.29 is 9.18 Å². The average molecular weight is 178 g/mol. The van der Waals surface area contributed by atoms with E-state index in [9.17, 15) is 9.18 Å². The maximum atomic E-state index is 12.8. The Morgan fingerprint density at radius 3 is 2.77 bits per heavy atom. The normalized spacial score (nSPS) is 18.8. The topological polar surface area (TPSA) is 17.1 Å². The molecule has 0 saturated heterocycles. The van der Waals surface area contributed by atoms with Gasteiger partial charge >= 0.3 is 0 Å². The molecule has 2 heteroatoms. The van der Waals surface area contributed by atoms with Crippen LogP contribution in [-0.4, -0.2) is 5.78 Å². The number of ketones is 1. The number of hydrogen-bond donors (Lipinski definition) is 0. The van der Waals surface area contributed by atoms with Gasteiger partial charge in [-0.15, -0.1) is 0 Å². The molecular formula is C11H11FO. The van der Waals surface area contributed by atoms with E-state index in [0.717, 1.165) is 5.56 Å². The molecule has 1 aliphatic rings. The molecule has 0 bridgehead atoms. The summed E-state index contributed by atoms with van der Waals surface area (Å²) in [5.74, 6) is -0.133. The summed E-state index contributed by atoms with van der Waals surface area (Å²) in [6.07, 6.45) is 0.652. The monoisotopic (exact) mass is 178 g/mol. The predicted molar refractivity (Wildman–Crippen MR) is 48.2 cm³/mol. The minimum atomic E-state index is -0.351. The average Bonchev–Trinajstić information content (AvgIpc) is 2.22. The molecular weight excluding hydrogens is 167 g/mol. The van der Waals surface area contributed by atoms with Gasteiger partial charge in [-0.1, -0.05) is 13.8 Å². The Balaban J connectivity index is 2.57. The minimum Gasteiger partial charge on any atom is -0.294 e. The van der Waals surface area contributed by atoms with Crippen molar-refractivity contribution in [3.05, 3.63) is 35.1 Å². The van der Waals surface area contributed by atoms with Gasteiger partial charge in [0, 0.05) is 11.0 Å². The largest absolute Gasteiger partial charge is 0.294 e. The molecule has 0 saturated carbocycles. The summed E-state index contributed by atoms with van der Waals surface area (Å²) in [6.45, 7) is 3.79. The Morgan fingerprint density at radius 2 is 2.08 bits per heavy atom. The van der Waals surface area contributed by atoms with Crippen LogP contribution in [-0.2, 0) is 6.42 Å². The van der Waals surface area contributed by atoms with Crippen LogP contribution in [0, 0.1) is 11.2 Å². The molecule has 0 aliphatic heterocycles. The first-order valence-corrected chi connectivity index (χ1v) is 4.34. The van der Waals surface area contributed by atoms with E-state index in [1.165, 1.54) is 12.1 Å². The maximum absolute atomic E-state index is 12.8. The molecule has 1 aromatic rings. The van der Waals surface area contributed by atoms with E-state index in [1.807, 2.05) is 13.8 Å². The fourth-order valence-electron chi connectivity index (χ4n) is 1.85. The van der Waals surface area contributed by atoms with Gasteiger partial charge in [-0.25, -0.2) is 4.39 Å². The number of benzene rings is 1. The molecule has 1 aromatic carbocycles. The van der Waals surface area contributed by atoms with Gasteiger partial charge in [-0.3, -0.25) is 4.79 Å². The smallest absolute Gasteiger partial charge is 0.169 e. The summed E-state index contributed by atoms with van der Waals surface area (Å²) >= 11 is 0. The highest BCUT2D eigenvalue weighted by Crippen LogP contribution is 2.36. The summed E-state index contributed by atoms with van der Waals surface area (Å²) in [5, 5.41) is 0. The van der Waals surface area contributed by atoms with Crippen LogP contribution >= 0.6 is 0 Å². The van der Waals surface area contributed by atoms with Crippen molar-refractivity contribution in [2.24, 2.45) is 5.41 Å². The third-order valence-corrected chi connectivity index (χ3v) is 2.56. The number of carbonyl (C=O) groups is 1. The van der Waals surface area contributed by atoms with Crippen LogP contribution in [0.25, 0.3) is 0 Å². The Labute approximate surface area is 76.6 Å². The van der Waals surface area contributed by atoms with Crippen molar-refractivity contribution in [1.29, 1.82) is 0 Å². The Morgan fingerprint density at radius 1 is 1.38 bits per heavy atom. The zero-order valence-corrected chi connectivity index (χ0v) is 7.73. The standard InChI is InChI=1S/C11H11FO/c1-11(2)6-7-5-8(12)3-4-9(7)10(11)13/h3-5H,6H2,1-2H3. The number of rotatable bonds is 0. The SMILES string of the molecule is CC1(C)Cc2cc(F)ccc2C1=O. The third-order valence-electron chi connectivity index (χ3n) is 2.56. The van der Waals surface area contributed by atoms with Crippen LogP contribution in [0.4, 0.5) is 4.39 Å². The molecule has 0 amide bonds. The summed E-state index contributed by atoms with van der Waals surface area (Å²) in [6, 6.07) is 4.39. The lowest BCUT2D eigenvalue weighted by Gasteiger charge is -2.12. The lowest BCUT2D eigenvalue weighted by atomic mass is 9.89. The highest BCUT2D eigenvalue weighted by molar-refractivity contribution is 6.04. The second-order valence-electron chi connectivity index (χ2n) is 4.19. The van der Waals surface area contributed by atoms with Crippen molar-refractivity contribution in [3.63, 3.8) is 0 Å². The highest BCUT2D eigenvalue weighted by atomic mass is 19.1. The summed E-state index contributed by atoms with van der Waals surface area (Å²) in [7, 11) is 0. The van der Waals surface area contributed by atoms with E-state index in [4.69, 9.17) is 0 Å². The molecule has 0 radical (unpaired) electrons. The Kier molecular flexibility index (Phi) is 1.56. The number of carbonyl (C=O) groups excluding carboxylic acids is 1. The molecule has 1 aliphatic carbocycles. The van der Waals surface area contributed by atoms with Crippen molar-refractivity contribution in [2.45, 2.75) is 20.3 Å². The van der Waals surface area contributed by atoms with Crippen molar-refractivity contribution in [2.75, 3.05) is 0 Å². The summed E-state index contributed by atoms with van der Waals surface area (Å²) in [4.78, 5) is 11.7. The number of hydrogen-bond acceptors (Lipinski definition) is 1. The van der Waals surface area contributed by atoms with Gasteiger partial charge in [0.25, 0.3) is 0 Å². The first kappa shape index (κ1) is 8.42. The number of Topliss-reactive ketones (excluding diaryl/α,β-unsaturated/α-hetero) is 1. The second kappa shape index (κ2) is 2.41. The molecule has 2 rings (SSSR count). The molecule has 0 heterocycles. The summed E-state index contributed by atoms with van der Waals surface area (Å²) in [5.41, 5.74) is 1.18. The van der Waals surface area contributed by atoms with E-state index < -0.39 is 0 Å². The molecule has 68 valence electrons. The Bertz CT molecular complexity index is 380. The Hall–Kier alpha value is -1.18. The zero-order valence-electron chi connectivity index (χ0n) is 7.73. The van der Waals surface area contributed by atoms with E-state index in [0.29, 0.717) is 12.0 Å². The molecule has 13 heavy (non-hydrogen) atoms. The first-order valence-electron chi connectivity index (χ1n) is 4.34. The summed E-state index contributed by atoms with van der Waals surface area (Å²) < 4.78 is 12.8. The van der Waals surface area contributed by atoms with Gasteiger partial charge in [-0.2, -0.15) is 0 Å². The van der Waals surface area contributed by atoms with E-state index >= 15 is 0 Å². The van der Waals surface area contributed by atoms with Gasteiger partial charge in [0.05, 0.1) is 0 Å². The second-order valence-corrected chi connectivity index (χ2v) is 4.19. The van der Waals surface area contributed by atoms with Crippen molar-refractivity contribution in [3.8, 4) is 0 Å². The molecule has 0 fully saturated rings. The van der Waals surface area contributed by atoms with Gasteiger partial charge in [-0.05, 0) is 30.2 Å². The zero-order chi connectivity index (χ0) is 9.64. The molecule has 0 spiro atoms. The van der Waals surface area contributed by atoms with Crippen molar-refractivity contribution >= 4 is 5.78 Å². The van der Waals surface area contributed by atoms with Crippen LogP contribution in [0.15, 0.2) is 18.2 Å². The number of halogens is 1. The molecule has 0 aromatic heterocycles. The lowest BCUT2D eigenvalue weighted by Crippen LogP contribution is -2.18. The van der Waals surface area contributed by atoms with E-state index in [1.54, 1.807) is 6.07 Å². The van der Waals surface area contributed by atoms with Crippen LogP contribution in [0.1, 0.15) is 29.8 Å². The predicted octanol–water partition coefficient (Wildman–Crippen LogP) is 2.59. The lowest BCUT2D eigenvalue weighted by molar-refractivity contribution is 0.0863. The van der Waals surface area contributed by atoms with Crippen molar-refractivity contribution in [1.82, 2.24) is 0 Å². The van der Waals surface area contributed by atoms with E-state index in [2.05, 4.69) is 0 Å².